The Balaban J connectivity index is 1.81. The van der Waals surface area contributed by atoms with Gasteiger partial charge in [0, 0.05) is 25.2 Å². The molecule has 0 unspecified atom stereocenters. The zero-order valence-electron chi connectivity index (χ0n) is 13.9. The van der Waals surface area contributed by atoms with Gasteiger partial charge in [-0.15, -0.1) is 0 Å². The first-order valence-electron chi connectivity index (χ1n) is 7.69. The lowest BCUT2D eigenvalue weighted by molar-refractivity contribution is 0.598. The summed E-state index contributed by atoms with van der Waals surface area (Å²) in [6, 6.07) is 14.1. The number of halogens is 1. The summed E-state index contributed by atoms with van der Waals surface area (Å²) in [5.74, 6) is 0.682. The number of hydrogen-bond acceptors (Lipinski definition) is 3. The fourth-order valence-electron chi connectivity index (χ4n) is 2.22. The van der Waals surface area contributed by atoms with E-state index in [9.17, 15) is 8.42 Å². The summed E-state index contributed by atoms with van der Waals surface area (Å²) >= 11 is 5.97. The van der Waals surface area contributed by atoms with Gasteiger partial charge in [-0.3, -0.25) is 4.99 Å². The molecule has 0 bridgehead atoms. The molecular weight excluding hydrogens is 360 g/mol. The monoisotopic (exact) mass is 380 g/mol. The lowest BCUT2D eigenvalue weighted by Crippen LogP contribution is -2.37. The van der Waals surface area contributed by atoms with E-state index in [-0.39, 0.29) is 4.90 Å². The number of nitrogens with two attached hydrogens (primary N) is 1. The topological polar surface area (TPSA) is 96.6 Å². The van der Waals surface area contributed by atoms with Crippen LogP contribution in [0.3, 0.4) is 0 Å². The van der Waals surface area contributed by atoms with Crippen molar-refractivity contribution in [3.63, 3.8) is 0 Å². The lowest BCUT2D eigenvalue weighted by Gasteiger charge is -2.12. The van der Waals surface area contributed by atoms with E-state index in [0.717, 1.165) is 17.5 Å². The zero-order chi connectivity index (χ0) is 18.3. The number of hydrogen-bond donors (Lipinski definition) is 3. The number of guanidine groups is 1. The highest BCUT2D eigenvalue weighted by Gasteiger charge is 2.06. The van der Waals surface area contributed by atoms with Gasteiger partial charge in [-0.05, 0) is 41.8 Å². The molecule has 4 N–H and O–H groups in total. The van der Waals surface area contributed by atoms with E-state index in [1.165, 1.54) is 12.1 Å². The second-order valence-electron chi connectivity index (χ2n) is 5.42. The summed E-state index contributed by atoms with van der Waals surface area (Å²) in [6.45, 7) is 1.27. The molecule has 0 saturated heterocycles. The minimum atomic E-state index is -3.65. The van der Waals surface area contributed by atoms with Crippen LogP contribution in [0.4, 0.5) is 0 Å². The predicted molar refractivity (Wildman–Crippen MR) is 101 cm³/mol. The van der Waals surface area contributed by atoms with Gasteiger partial charge in [-0.25, -0.2) is 13.6 Å². The van der Waals surface area contributed by atoms with Crippen LogP contribution in [-0.2, 0) is 23.0 Å². The Morgan fingerprint density at radius 3 is 2.44 bits per heavy atom. The molecule has 0 spiro atoms. The maximum absolute atomic E-state index is 11.2. The molecule has 0 aromatic heterocycles. The number of benzene rings is 2. The fraction of sp³-hybridized carbons (Fsp3) is 0.235. The number of primary sulfonamides is 1. The molecule has 2 aromatic carbocycles. The van der Waals surface area contributed by atoms with Crippen molar-refractivity contribution in [2.45, 2.75) is 17.9 Å². The molecule has 0 aliphatic rings. The van der Waals surface area contributed by atoms with Crippen molar-refractivity contribution in [1.82, 2.24) is 10.6 Å². The van der Waals surface area contributed by atoms with Gasteiger partial charge in [0.15, 0.2) is 5.96 Å². The highest BCUT2D eigenvalue weighted by Crippen LogP contribution is 2.10. The summed E-state index contributed by atoms with van der Waals surface area (Å²) in [7, 11) is -1.95. The highest BCUT2D eigenvalue weighted by molar-refractivity contribution is 7.89. The molecule has 0 radical (unpaired) electrons. The summed E-state index contributed by atoms with van der Waals surface area (Å²) in [5.41, 5.74) is 2.07. The van der Waals surface area contributed by atoms with Crippen molar-refractivity contribution < 1.29 is 8.42 Å². The molecule has 25 heavy (non-hydrogen) atoms. The van der Waals surface area contributed by atoms with Gasteiger partial charge in [0.25, 0.3) is 0 Å². The molecule has 2 rings (SSSR count). The van der Waals surface area contributed by atoms with Gasteiger partial charge < -0.3 is 10.6 Å². The van der Waals surface area contributed by atoms with Crippen LogP contribution in [0.2, 0.25) is 5.02 Å². The SMILES string of the molecule is CN=C(NCCc1ccc(S(N)(=O)=O)cc1)NCc1cccc(Cl)c1. The zero-order valence-corrected chi connectivity index (χ0v) is 15.4. The fourth-order valence-corrected chi connectivity index (χ4v) is 2.95. The van der Waals surface area contributed by atoms with Crippen molar-refractivity contribution in [2.24, 2.45) is 10.1 Å². The molecule has 0 amide bonds. The Hall–Kier alpha value is -2.09. The van der Waals surface area contributed by atoms with Crippen molar-refractivity contribution in [1.29, 1.82) is 0 Å². The van der Waals surface area contributed by atoms with Crippen LogP contribution in [0.25, 0.3) is 0 Å². The van der Waals surface area contributed by atoms with Crippen LogP contribution in [-0.4, -0.2) is 28.0 Å². The van der Waals surface area contributed by atoms with E-state index in [0.29, 0.717) is 24.1 Å². The van der Waals surface area contributed by atoms with Gasteiger partial charge in [0.2, 0.25) is 10.0 Å². The van der Waals surface area contributed by atoms with Crippen molar-refractivity contribution >= 4 is 27.6 Å². The van der Waals surface area contributed by atoms with Crippen molar-refractivity contribution in [3.05, 3.63) is 64.7 Å². The van der Waals surface area contributed by atoms with E-state index in [4.69, 9.17) is 16.7 Å². The maximum Gasteiger partial charge on any atom is 0.238 e. The van der Waals surface area contributed by atoms with Crippen LogP contribution < -0.4 is 15.8 Å². The van der Waals surface area contributed by atoms with Crippen LogP contribution in [0.15, 0.2) is 58.4 Å². The van der Waals surface area contributed by atoms with E-state index in [1.54, 1.807) is 19.2 Å². The molecule has 0 aliphatic heterocycles. The second-order valence-corrected chi connectivity index (χ2v) is 7.42. The molecule has 0 aliphatic carbocycles. The largest absolute Gasteiger partial charge is 0.356 e. The summed E-state index contributed by atoms with van der Waals surface area (Å²) in [5, 5.41) is 12.2. The van der Waals surface area contributed by atoms with Gasteiger partial charge in [0.1, 0.15) is 0 Å². The second kappa shape index (κ2) is 8.84. The third-order valence-corrected chi connectivity index (χ3v) is 4.69. The average Bonchev–Trinajstić information content (AvgIpc) is 2.57. The molecule has 134 valence electrons. The smallest absolute Gasteiger partial charge is 0.238 e. The van der Waals surface area contributed by atoms with Gasteiger partial charge >= 0.3 is 0 Å². The van der Waals surface area contributed by atoms with Crippen molar-refractivity contribution in [3.8, 4) is 0 Å². The Kier molecular flexibility index (Phi) is 6.81. The number of nitrogens with zero attached hydrogens (tertiary/aromatic N) is 1. The summed E-state index contributed by atoms with van der Waals surface area (Å²) in [6.07, 6.45) is 0.725. The Morgan fingerprint density at radius 2 is 1.84 bits per heavy atom. The highest BCUT2D eigenvalue weighted by atomic mass is 35.5. The number of aliphatic imine (C=N–C) groups is 1. The van der Waals surface area contributed by atoms with E-state index in [2.05, 4.69) is 15.6 Å². The lowest BCUT2D eigenvalue weighted by atomic mass is 10.1. The van der Waals surface area contributed by atoms with Gasteiger partial charge in [-0.1, -0.05) is 35.9 Å². The third kappa shape index (κ3) is 6.38. The molecule has 6 nitrogen and oxygen atoms in total. The Morgan fingerprint density at radius 1 is 1.12 bits per heavy atom. The third-order valence-electron chi connectivity index (χ3n) is 3.53. The average molecular weight is 381 g/mol. The first-order valence-corrected chi connectivity index (χ1v) is 9.61. The molecular formula is C17H21ClN4O2S. The number of rotatable bonds is 6. The molecule has 0 atom stereocenters. The van der Waals surface area contributed by atoms with Crippen LogP contribution in [0.5, 0.6) is 0 Å². The number of sulfonamides is 1. The normalized spacial score (nSPS) is 12.0. The molecule has 0 fully saturated rings. The van der Waals surface area contributed by atoms with E-state index in [1.807, 2.05) is 24.3 Å². The quantitative estimate of drug-likeness (QED) is 0.526. The molecule has 8 heteroatoms. The first-order chi connectivity index (χ1) is 11.9. The molecule has 0 saturated carbocycles. The molecule has 2 aromatic rings. The Bertz CT molecular complexity index is 836. The van der Waals surface area contributed by atoms with Gasteiger partial charge in [0.05, 0.1) is 4.90 Å². The van der Waals surface area contributed by atoms with E-state index < -0.39 is 10.0 Å². The van der Waals surface area contributed by atoms with Crippen molar-refractivity contribution in [2.75, 3.05) is 13.6 Å². The first kappa shape index (κ1) is 19.2. The maximum atomic E-state index is 11.2. The Labute approximate surface area is 153 Å². The van der Waals surface area contributed by atoms with E-state index >= 15 is 0 Å². The molecule has 0 heterocycles. The van der Waals surface area contributed by atoms with Crippen LogP contribution in [0, 0.1) is 0 Å². The standard InChI is InChI=1S/C17H21ClN4O2S/c1-20-17(22-12-14-3-2-4-15(18)11-14)21-10-9-13-5-7-16(8-6-13)25(19,23)24/h2-8,11H,9-10,12H2,1H3,(H2,19,23,24)(H2,20,21,22). The minimum absolute atomic E-state index is 0.114. The predicted octanol–water partition coefficient (Wildman–Crippen LogP) is 1.90. The van der Waals surface area contributed by atoms with Crippen LogP contribution >= 0.6 is 11.6 Å². The van der Waals surface area contributed by atoms with Crippen LogP contribution in [0.1, 0.15) is 11.1 Å². The summed E-state index contributed by atoms with van der Waals surface area (Å²) in [4.78, 5) is 4.28. The minimum Gasteiger partial charge on any atom is -0.356 e. The van der Waals surface area contributed by atoms with Gasteiger partial charge in [-0.2, -0.15) is 0 Å². The number of nitrogens with one attached hydrogen (secondary N) is 2. The summed E-state index contributed by atoms with van der Waals surface area (Å²) < 4.78 is 22.5.